The first-order valence-corrected chi connectivity index (χ1v) is 7.30. The van der Waals surface area contributed by atoms with Gasteiger partial charge in [0.1, 0.15) is 0 Å². The summed E-state index contributed by atoms with van der Waals surface area (Å²) in [6, 6.07) is 9.65. The molecule has 1 aliphatic rings. The van der Waals surface area contributed by atoms with Crippen molar-refractivity contribution in [3.05, 3.63) is 35.4 Å². The maximum atomic E-state index is 3.53. The summed E-state index contributed by atoms with van der Waals surface area (Å²) in [5, 5.41) is 3.53. The van der Waals surface area contributed by atoms with Crippen molar-refractivity contribution in [3.8, 4) is 0 Å². The first kappa shape index (κ1) is 13.6. The molecule has 0 radical (unpaired) electrons. The van der Waals surface area contributed by atoms with E-state index in [-0.39, 0.29) is 0 Å². The van der Waals surface area contributed by atoms with Crippen molar-refractivity contribution in [1.82, 2.24) is 10.2 Å². The molecular weight excluding hydrogens is 220 g/mol. The van der Waals surface area contributed by atoms with E-state index < -0.39 is 0 Å². The van der Waals surface area contributed by atoms with Crippen LogP contribution in [0.1, 0.15) is 37.3 Å². The lowest BCUT2D eigenvalue weighted by Crippen LogP contribution is -2.45. The summed E-state index contributed by atoms with van der Waals surface area (Å²) in [7, 11) is 0. The second-order valence-corrected chi connectivity index (χ2v) is 5.46. The van der Waals surface area contributed by atoms with Gasteiger partial charge in [-0.25, -0.2) is 0 Å². The molecule has 1 aromatic carbocycles. The number of rotatable bonds is 5. The van der Waals surface area contributed by atoms with E-state index in [0.717, 1.165) is 19.1 Å². The lowest BCUT2D eigenvalue weighted by atomic mass is 10.0. The van der Waals surface area contributed by atoms with E-state index in [0.29, 0.717) is 0 Å². The summed E-state index contributed by atoms with van der Waals surface area (Å²) in [6.45, 7) is 9.12. The molecule has 0 saturated carbocycles. The molecule has 0 bridgehead atoms. The molecule has 1 aliphatic heterocycles. The molecule has 1 fully saturated rings. The van der Waals surface area contributed by atoms with Crippen LogP contribution in [0.2, 0.25) is 0 Å². The molecule has 0 aliphatic carbocycles. The summed E-state index contributed by atoms with van der Waals surface area (Å²) < 4.78 is 0. The van der Waals surface area contributed by atoms with Crippen LogP contribution in [0.25, 0.3) is 0 Å². The van der Waals surface area contributed by atoms with Crippen LogP contribution in [0.3, 0.4) is 0 Å². The molecule has 1 heterocycles. The van der Waals surface area contributed by atoms with E-state index >= 15 is 0 Å². The predicted octanol–water partition coefficient (Wildman–Crippen LogP) is 2.96. The van der Waals surface area contributed by atoms with Gasteiger partial charge < -0.3 is 5.32 Å². The fourth-order valence-electron chi connectivity index (χ4n) is 2.87. The average Bonchev–Trinajstić information content (AvgIpc) is 2.39. The fraction of sp³-hybridized carbons (Fsp3) is 0.625. The zero-order chi connectivity index (χ0) is 12.8. The molecule has 2 heteroatoms. The molecule has 18 heavy (non-hydrogen) atoms. The number of piperidine rings is 1. The van der Waals surface area contributed by atoms with Crippen LogP contribution in [-0.2, 0) is 6.54 Å². The Bertz CT molecular complexity index is 356. The summed E-state index contributed by atoms with van der Waals surface area (Å²) >= 11 is 0. The van der Waals surface area contributed by atoms with Gasteiger partial charge in [0.05, 0.1) is 0 Å². The fourth-order valence-corrected chi connectivity index (χ4v) is 2.87. The van der Waals surface area contributed by atoms with E-state index in [9.17, 15) is 0 Å². The maximum Gasteiger partial charge on any atom is 0.0237 e. The Morgan fingerprint density at radius 3 is 2.94 bits per heavy atom. The highest BCUT2D eigenvalue weighted by Crippen LogP contribution is 2.15. The summed E-state index contributed by atoms with van der Waals surface area (Å²) in [5.74, 6) is 0. The van der Waals surface area contributed by atoms with Crippen molar-refractivity contribution in [2.75, 3.05) is 19.6 Å². The lowest BCUT2D eigenvalue weighted by molar-refractivity contribution is 0.158. The normalized spacial score (nSPS) is 20.3. The Morgan fingerprint density at radius 2 is 2.28 bits per heavy atom. The van der Waals surface area contributed by atoms with Crippen molar-refractivity contribution >= 4 is 0 Å². The number of hydrogen-bond donors (Lipinski definition) is 1. The molecule has 0 aromatic heterocycles. The van der Waals surface area contributed by atoms with Crippen LogP contribution in [0.4, 0.5) is 0 Å². The van der Waals surface area contributed by atoms with Crippen LogP contribution in [0.15, 0.2) is 24.3 Å². The molecule has 100 valence electrons. The third kappa shape index (κ3) is 3.82. The first-order chi connectivity index (χ1) is 8.79. The number of benzene rings is 1. The van der Waals surface area contributed by atoms with Crippen LogP contribution >= 0.6 is 0 Å². The van der Waals surface area contributed by atoms with E-state index in [1.165, 1.54) is 43.5 Å². The van der Waals surface area contributed by atoms with E-state index in [4.69, 9.17) is 0 Å². The van der Waals surface area contributed by atoms with E-state index in [1.807, 2.05) is 0 Å². The molecule has 2 rings (SSSR count). The second-order valence-electron chi connectivity index (χ2n) is 5.46. The first-order valence-electron chi connectivity index (χ1n) is 7.30. The molecular formula is C16H26N2. The van der Waals surface area contributed by atoms with Gasteiger partial charge in [0.2, 0.25) is 0 Å². The summed E-state index contributed by atoms with van der Waals surface area (Å²) in [6.07, 6.45) is 3.90. The highest BCUT2D eigenvalue weighted by molar-refractivity contribution is 5.22. The van der Waals surface area contributed by atoms with Gasteiger partial charge in [-0.1, -0.05) is 36.8 Å². The molecule has 0 amide bonds. The zero-order valence-electron chi connectivity index (χ0n) is 11.8. The monoisotopic (exact) mass is 246 g/mol. The molecule has 1 unspecified atom stereocenters. The third-order valence-electron chi connectivity index (χ3n) is 3.77. The molecule has 1 aromatic rings. The summed E-state index contributed by atoms with van der Waals surface area (Å²) in [4.78, 5) is 2.65. The van der Waals surface area contributed by atoms with E-state index in [1.54, 1.807) is 0 Å². The minimum Gasteiger partial charge on any atom is -0.315 e. The highest BCUT2D eigenvalue weighted by Gasteiger charge is 2.20. The largest absolute Gasteiger partial charge is 0.315 e. The Hall–Kier alpha value is -0.860. The Morgan fingerprint density at radius 1 is 1.39 bits per heavy atom. The predicted molar refractivity (Wildman–Crippen MR) is 77.8 cm³/mol. The average molecular weight is 246 g/mol. The van der Waals surface area contributed by atoms with Crippen molar-refractivity contribution in [2.24, 2.45) is 0 Å². The van der Waals surface area contributed by atoms with E-state index in [2.05, 4.69) is 48.3 Å². The van der Waals surface area contributed by atoms with Crippen molar-refractivity contribution in [1.29, 1.82) is 0 Å². The molecule has 2 nitrogen and oxygen atoms in total. The van der Waals surface area contributed by atoms with Crippen LogP contribution in [0, 0.1) is 6.92 Å². The Balaban J connectivity index is 2.00. The van der Waals surface area contributed by atoms with Gasteiger partial charge in [0.15, 0.2) is 0 Å². The number of aryl methyl sites for hydroxylation is 1. The number of nitrogens with one attached hydrogen (secondary N) is 1. The van der Waals surface area contributed by atoms with Gasteiger partial charge in [0.25, 0.3) is 0 Å². The topological polar surface area (TPSA) is 15.3 Å². The number of hydrogen-bond acceptors (Lipinski definition) is 2. The zero-order valence-corrected chi connectivity index (χ0v) is 11.8. The van der Waals surface area contributed by atoms with Crippen molar-refractivity contribution < 1.29 is 0 Å². The van der Waals surface area contributed by atoms with Gasteiger partial charge in [-0.3, -0.25) is 4.90 Å². The Labute approximate surface area is 111 Å². The number of nitrogens with zero attached hydrogens (tertiary/aromatic N) is 1. The lowest BCUT2D eigenvalue weighted by Gasteiger charge is -2.34. The molecule has 1 saturated heterocycles. The maximum absolute atomic E-state index is 3.53. The summed E-state index contributed by atoms with van der Waals surface area (Å²) in [5.41, 5.74) is 2.82. The van der Waals surface area contributed by atoms with Crippen molar-refractivity contribution in [3.63, 3.8) is 0 Å². The molecule has 0 spiro atoms. The van der Waals surface area contributed by atoms with Gasteiger partial charge in [-0.2, -0.15) is 0 Å². The minimum atomic E-state index is 0.721. The highest BCUT2D eigenvalue weighted by atomic mass is 15.2. The standard InChI is InChI=1S/C16H26N2/c1-3-10-18(16-8-5-9-17-12-16)13-15-7-4-6-14(2)11-15/h4,6-7,11,16-17H,3,5,8-10,12-13H2,1-2H3. The third-order valence-corrected chi connectivity index (χ3v) is 3.77. The molecule has 1 N–H and O–H groups in total. The SMILES string of the molecule is CCCN(Cc1cccc(C)c1)C1CCCNC1. The van der Waals surface area contributed by atoms with Crippen molar-refractivity contribution in [2.45, 2.75) is 45.7 Å². The van der Waals surface area contributed by atoms with Crippen LogP contribution in [-0.4, -0.2) is 30.6 Å². The van der Waals surface area contributed by atoms with Gasteiger partial charge in [-0.05, 0) is 44.8 Å². The minimum absolute atomic E-state index is 0.721. The Kier molecular flexibility index (Phi) is 5.21. The smallest absolute Gasteiger partial charge is 0.0237 e. The quantitative estimate of drug-likeness (QED) is 0.859. The van der Waals surface area contributed by atoms with Gasteiger partial charge in [0, 0.05) is 19.1 Å². The van der Waals surface area contributed by atoms with Gasteiger partial charge >= 0.3 is 0 Å². The van der Waals surface area contributed by atoms with Crippen LogP contribution in [0.5, 0.6) is 0 Å². The molecule has 1 atom stereocenters. The van der Waals surface area contributed by atoms with Crippen LogP contribution < -0.4 is 5.32 Å². The second kappa shape index (κ2) is 6.91. The van der Waals surface area contributed by atoms with Gasteiger partial charge in [-0.15, -0.1) is 0 Å².